The van der Waals surface area contributed by atoms with Gasteiger partial charge in [0.1, 0.15) is 0 Å². The lowest BCUT2D eigenvalue weighted by Crippen LogP contribution is -2.46. The average molecular weight is 325 g/mol. The Morgan fingerprint density at radius 2 is 1.75 bits per heavy atom. The summed E-state index contributed by atoms with van der Waals surface area (Å²) in [5, 5.41) is 2.54. The van der Waals surface area contributed by atoms with Crippen molar-refractivity contribution in [1.82, 2.24) is 5.32 Å². The fourth-order valence-electron chi connectivity index (χ4n) is 2.25. The summed E-state index contributed by atoms with van der Waals surface area (Å²) in [5.41, 5.74) is 7.38. The van der Waals surface area contributed by atoms with E-state index in [9.17, 15) is 14.4 Å². The second kappa shape index (κ2) is 7.92. The molecule has 24 heavy (non-hydrogen) atoms. The van der Waals surface area contributed by atoms with Crippen LogP contribution in [0.4, 0.5) is 11.4 Å². The third kappa shape index (κ3) is 4.42. The van der Waals surface area contributed by atoms with Crippen molar-refractivity contribution in [2.45, 2.75) is 13.3 Å². The molecule has 3 N–H and O–H groups in total. The van der Waals surface area contributed by atoms with Crippen molar-refractivity contribution >= 4 is 29.1 Å². The van der Waals surface area contributed by atoms with Gasteiger partial charge in [0.05, 0.1) is 5.69 Å². The third-order valence-corrected chi connectivity index (χ3v) is 3.38. The molecule has 0 atom stereocenters. The molecule has 0 aliphatic rings. The SMILES string of the molecule is CC(=O)N(C(=O)C(=O)NCCc1ccccc1)c1cccc(N)c1. The molecule has 0 bridgehead atoms. The number of nitrogen functional groups attached to an aromatic ring is 1. The Labute approximate surface area is 140 Å². The van der Waals surface area contributed by atoms with Crippen molar-refractivity contribution in [1.29, 1.82) is 0 Å². The van der Waals surface area contributed by atoms with Gasteiger partial charge in [-0.15, -0.1) is 0 Å². The smallest absolute Gasteiger partial charge is 0.323 e. The average Bonchev–Trinajstić information content (AvgIpc) is 2.55. The van der Waals surface area contributed by atoms with Crippen LogP contribution in [0, 0.1) is 0 Å². The number of imide groups is 1. The summed E-state index contributed by atoms with van der Waals surface area (Å²) in [6, 6.07) is 15.8. The van der Waals surface area contributed by atoms with E-state index in [1.54, 1.807) is 18.2 Å². The molecule has 0 saturated heterocycles. The maximum Gasteiger partial charge on any atom is 0.323 e. The minimum Gasteiger partial charge on any atom is -0.399 e. The molecule has 0 fully saturated rings. The first-order valence-electron chi connectivity index (χ1n) is 7.51. The first-order chi connectivity index (χ1) is 11.5. The third-order valence-electron chi connectivity index (χ3n) is 3.38. The first-order valence-corrected chi connectivity index (χ1v) is 7.51. The van der Waals surface area contributed by atoms with Gasteiger partial charge in [-0.05, 0) is 30.2 Å². The highest BCUT2D eigenvalue weighted by Crippen LogP contribution is 2.18. The highest BCUT2D eigenvalue weighted by molar-refractivity contribution is 6.45. The molecule has 2 aromatic rings. The molecule has 6 nitrogen and oxygen atoms in total. The number of amides is 3. The molecular weight excluding hydrogens is 306 g/mol. The predicted molar refractivity (Wildman–Crippen MR) is 92.2 cm³/mol. The van der Waals surface area contributed by atoms with Gasteiger partial charge in [-0.25, -0.2) is 4.90 Å². The number of nitrogens with two attached hydrogens (primary N) is 1. The molecule has 124 valence electrons. The Morgan fingerprint density at radius 1 is 1.04 bits per heavy atom. The zero-order valence-corrected chi connectivity index (χ0v) is 13.4. The van der Waals surface area contributed by atoms with Crippen LogP contribution in [0.15, 0.2) is 54.6 Å². The van der Waals surface area contributed by atoms with Crippen LogP contribution in [-0.2, 0) is 20.8 Å². The van der Waals surface area contributed by atoms with Crippen LogP contribution >= 0.6 is 0 Å². The largest absolute Gasteiger partial charge is 0.399 e. The Morgan fingerprint density at radius 3 is 2.38 bits per heavy atom. The number of hydrogen-bond acceptors (Lipinski definition) is 4. The highest BCUT2D eigenvalue weighted by atomic mass is 16.2. The van der Waals surface area contributed by atoms with Gasteiger partial charge in [-0.1, -0.05) is 36.4 Å². The standard InChI is InChI=1S/C18H19N3O3/c1-13(22)21(16-9-5-8-15(19)12-16)18(24)17(23)20-11-10-14-6-3-2-4-7-14/h2-9,12H,10-11,19H2,1H3,(H,20,23). The molecule has 0 aliphatic heterocycles. The molecule has 3 amide bonds. The van der Waals surface area contributed by atoms with Crippen LogP contribution < -0.4 is 16.0 Å². The molecule has 0 heterocycles. The molecule has 0 aromatic heterocycles. The molecule has 0 unspecified atom stereocenters. The van der Waals surface area contributed by atoms with Gasteiger partial charge in [0.25, 0.3) is 0 Å². The first kappa shape index (κ1) is 17.2. The van der Waals surface area contributed by atoms with E-state index in [-0.39, 0.29) is 5.69 Å². The summed E-state index contributed by atoms with van der Waals surface area (Å²) < 4.78 is 0. The van der Waals surface area contributed by atoms with Crippen LogP contribution in [0.3, 0.4) is 0 Å². The quantitative estimate of drug-likeness (QED) is 0.658. The molecule has 0 aliphatic carbocycles. The van der Waals surface area contributed by atoms with Crippen molar-refractivity contribution in [3.8, 4) is 0 Å². The predicted octanol–water partition coefficient (Wildman–Crippen LogP) is 1.51. The Hall–Kier alpha value is -3.15. The maximum atomic E-state index is 12.3. The summed E-state index contributed by atoms with van der Waals surface area (Å²) in [7, 11) is 0. The Bertz CT molecular complexity index is 744. The number of carbonyl (C=O) groups excluding carboxylic acids is 3. The number of carbonyl (C=O) groups is 3. The van der Waals surface area contributed by atoms with E-state index in [4.69, 9.17) is 5.73 Å². The number of nitrogens with one attached hydrogen (secondary N) is 1. The topological polar surface area (TPSA) is 92.5 Å². The van der Waals surface area contributed by atoms with E-state index in [1.165, 1.54) is 13.0 Å². The van der Waals surface area contributed by atoms with Crippen molar-refractivity contribution in [3.05, 3.63) is 60.2 Å². The molecule has 0 spiro atoms. The van der Waals surface area contributed by atoms with E-state index >= 15 is 0 Å². The van der Waals surface area contributed by atoms with E-state index in [0.29, 0.717) is 18.7 Å². The Kier molecular flexibility index (Phi) is 5.68. The van der Waals surface area contributed by atoms with Crippen LogP contribution in [-0.4, -0.2) is 24.3 Å². The fourth-order valence-corrected chi connectivity index (χ4v) is 2.25. The number of nitrogens with zero attached hydrogens (tertiary/aromatic N) is 1. The summed E-state index contributed by atoms with van der Waals surface area (Å²) in [4.78, 5) is 36.9. The van der Waals surface area contributed by atoms with Crippen LogP contribution in [0.5, 0.6) is 0 Å². The normalized spacial score (nSPS) is 10.0. The zero-order chi connectivity index (χ0) is 17.5. The summed E-state index contributed by atoms with van der Waals surface area (Å²) in [6.45, 7) is 1.52. The van der Waals surface area contributed by atoms with E-state index in [2.05, 4.69) is 5.32 Å². The summed E-state index contributed by atoms with van der Waals surface area (Å²) in [5.74, 6) is -2.31. The Balaban J connectivity index is 2.01. The lowest BCUT2D eigenvalue weighted by Gasteiger charge is -2.19. The van der Waals surface area contributed by atoms with Gasteiger partial charge in [-0.3, -0.25) is 14.4 Å². The van der Waals surface area contributed by atoms with E-state index in [0.717, 1.165) is 10.5 Å². The van der Waals surface area contributed by atoms with Gasteiger partial charge in [0.2, 0.25) is 5.91 Å². The van der Waals surface area contributed by atoms with Crippen LogP contribution in [0.2, 0.25) is 0 Å². The van der Waals surface area contributed by atoms with Crippen molar-refractivity contribution in [3.63, 3.8) is 0 Å². The fraction of sp³-hybridized carbons (Fsp3) is 0.167. The lowest BCUT2D eigenvalue weighted by molar-refractivity contribution is -0.139. The minimum atomic E-state index is -0.929. The number of rotatable bonds is 4. The monoisotopic (exact) mass is 325 g/mol. The lowest BCUT2D eigenvalue weighted by atomic mass is 10.1. The van der Waals surface area contributed by atoms with Crippen LogP contribution in [0.1, 0.15) is 12.5 Å². The number of benzene rings is 2. The van der Waals surface area contributed by atoms with Crippen molar-refractivity contribution in [2.24, 2.45) is 0 Å². The van der Waals surface area contributed by atoms with Crippen molar-refractivity contribution in [2.75, 3.05) is 17.2 Å². The van der Waals surface area contributed by atoms with Gasteiger partial charge in [-0.2, -0.15) is 0 Å². The zero-order valence-electron chi connectivity index (χ0n) is 13.4. The van der Waals surface area contributed by atoms with Gasteiger partial charge < -0.3 is 11.1 Å². The molecule has 2 rings (SSSR count). The van der Waals surface area contributed by atoms with Crippen LogP contribution in [0.25, 0.3) is 0 Å². The maximum absolute atomic E-state index is 12.3. The molecule has 2 aromatic carbocycles. The molecule has 6 heteroatoms. The van der Waals surface area contributed by atoms with E-state index in [1.807, 2.05) is 30.3 Å². The van der Waals surface area contributed by atoms with Gasteiger partial charge in [0.15, 0.2) is 0 Å². The van der Waals surface area contributed by atoms with Crippen molar-refractivity contribution < 1.29 is 14.4 Å². The summed E-state index contributed by atoms with van der Waals surface area (Å²) in [6.07, 6.45) is 0.595. The van der Waals surface area contributed by atoms with Gasteiger partial charge in [0, 0.05) is 19.2 Å². The minimum absolute atomic E-state index is 0.269. The molecule has 0 radical (unpaired) electrons. The summed E-state index contributed by atoms with van der Waals surface area (Å²) >= 11 is 0. The number of hydrogen-bond donors (Lipinski definition) is 2. The second-order valence-electron chi connectivity index (χ2n) is 5.25. The molecule has 0 saturated carbocycles. The van der Waals surface area contributed by atoms with E-state index < -0.39 is 17.7 Å². The number of anilines is 2. The second-order valence-corrected chi connectivity index (χ2v) is 5.25. The van der Waals surface area contributed by atoms with Gasteiger partial charge >= 0.3 is 11.8 Å². The molecular formula is C18H19N3O3. The highest BCUT2D eigenvalue weighted by Gasteiger charge is 2.26.